The Kier molecular flexibility index (Phi) is 5.17. The second-order valence-corrected chi connectivity index (χ2v) is 5.17. The number of aromatic nitrogens is 1. The Morgan fingerprint density at radius 3 is 2.67 bits per heavy atom. The van der Waals surface area contributed by atoms with Gasteiger partial charge in [0.2, 0.25) is 0 Å². The average Bonchev–Trinajstić information content (AvgIpc) is 2.54. The molecule has 112 valence electrons. The lowest BCUT2D eigenvalue weighted by Crippen LogP contribution is -2.31. The molecule has 0 bridgehead atoms. The minimum atomic E-state index is 0.307. The van der Waals surface area contributed by atoms with Gasteiger partial charge in [0.1, 0.15) is 11.6 Å². The van der Waals surface area contributed by atoms with Gasteiger partial charge in [0, 0.05) is 19.6 Å². The smallest absolute Gasteiger partial charge is 0.128 e. The maximum Gasteiger partial charge on any atom is 0.128 e. The summed E-state index contributed by atoms with van der Waals surface area (Å²) in [5, 5.41) is 0. The molecule has 0 radical (unpaired) electrons. The summed E-state index contributed by atoms with van der Waals surface area (Å²) in [5.41, 5.74) is 7.77. The molecule has 0 spiro atoms. The number of nitrogens with two attached hydrogens (primary N) is 1. The number of anilines is 1. The summed E-state index contributed by atoms with van der Waals surface area (Å²) in [5.74, 6) is 1.88. The van der Waals surface area contributed by atoms with Crippen molar-refractivity contribution in [2.45, 2.75) is 25.9 Å². The molecule has 0 saturated carbocycles. The quantitative estimate of drug-likeness (QED) is 0.886. The highest BCUT2D eigenvalue weighted by Gasteiger charge is 2.14. The Balaban J connectivity index is 2.13. The molecule has 1 aromatic heterocycles. The van der Waals surface area contributed by atoms with Crippen LogP contribution in [0.5, 0.6) is 5.75 Å². The van der Waals surface area contributed by atoms with Crippen LogP contribution in [0.25, 0.3) is 0 Å². The van der Waals surface area contributed by atoms with Crippen molar-refractivity contribution in [1.29, 1.82) is 0 Å². The Hall–Kier alpha value is -2.07. The zero-order chi connectivity index (χ0) is 15.2. The molecule has 0 saturated heterocycles. The topological polar surface area (TPSA) is 51.4 Å². The summed E-state index contributed by atoms with van der Waals surface area (Å²) in [6, 6.07) is 14.4. The predicted molar refractivity (Wildman–Crippen MR) is 86.7 cm³/mol. The third-order valence-electron chi connectivity index (χ3n) is 3.73. The number of likely N-dealkylation sites (N-methyl/N-ethyl adjacent to an activating group) is 1. The average molecular weight is 285 g/mol. The van der Waals surface area contributed by atoms with Gasteiger partial charge in [0.15, 0.2) is 0 Å². The van der Waals surface area contributed by atoms with Crippen LogP contribution in [0.1, 0.15) is 18.2 Å². The maximum absolute atomic E-state index is 5.66. The van der Waals surface area contributed by atoms with Crippen LogP contribution in [0.2, 0.25) is 0 Å². The number of benzene rings is 1. The number of hydrogen-bond donors (Lipinski definition) is 1. The van der Waals surface area contributed by atoms with Crippen molar-refractivity contribution < 1.29 is 4.74 Å². The highest BCUT2D eigenvalue weighted by molar-refractivity contribution is 5.41. The molecule has 2 aromatic rings. The lowest BCUT2D eigenvalue weighted by Gasteiger charge is -2.27. The molecule has 1 atom stereocenters. The summed E-state index contributed by atoms with van der Waals surface area (Å²) in [7, 11) is 3.77. The number of ether oxygens (including phenoxy) is 1. The van der Waals surface area contributed by atoms with Crippen LogP contribution in [-0.4, -0.2) is 25.2 Å². The van der Waals surface area contributed by atoms with E-state index in [0.717, 1.165) is 23.7 Å². The predicted octanol–water partition coefficient (Wildman–Crippen LogP) is 2.62. The van der Waals surface area contributed by atoms with Crippen molar-refractivity contribution in [3.8, 4) is 5.75 Å². The number of para-hydroxylation sites is 1. The minimum Gasteiger partial charge on any atom is -0.496 e. The fourth-order valence-electron chi connectivity index (χ4n) is 2.33. The molecule has 0 aliphatic heterocycles. The van der Waals surface area contributed by atoms with Crippen LogP contribution in [0.15, 0.2) is 42.5 Å². The molecule has 1 aromatic carbocycles. The van der Waals surface area contributed by atoms with Gasteiger partial charge in [-0.3, -0.25) is 0 Å². The van der Waals surface area contributed by atoms with Gasteiger partial charge in [-0.05, 0) is 37.1 Å². The maximum atomic E-state index is 5.66. The first-order chi connectivity index (χ1) is 10.2. The zero-order valence-corrected chi connectivity index (χ0v) is 12.9. The van der Waals surface area contributed by atoms with Crippen LogP contribution in [-0.2, 0) is 13.0 Å². The van der Waals surface area contributed by atoms with E-state index in [1.54, 1.807) is 7.11 Å². The van der Waals surface area contributed by atoms with Gasteiger partial charge in [-0.1, -0.05) is 24.3 Å². The normalized spacial score (nSPS) is 12.0. The van der Waals surface area contributed by atoms with Crippen LogP contribution < -0.4 is 15.4 Å². The molecule has 0 aliphatic rings. The number of rotatable bonds is 6. The van der Waals surface area contributed by atoms with E-state index >= 15 is 0 Å². The molecule has 1 unspecified atom stereocenters. The van der Waals surface area contributed by atoms with Crippen LogP contribution in [0.4, 0.5) is 5.82 Å². The van der Waals surface area contributed by atoms with Crippen LogP contribution in [0, 0.1) is 0 Å². The fourth-order valence-corrected chi connectivity index (χ4v) is 2.33. The van der Waals surface area contributed by atoms with Gasteiger partial charge in [0.05, 0.1) is 12.8 Å². The first kappa shape index (κ1) is 15.3. The molecule has 2 rings (SSSR count). The second kappa shape index (κ2) is 7.09. The van der Waals surface area contributed by atoms with Gasteiger partial charge in [-0.25, -0.2) is 4.98 Å². The molecule has 4 heteroatoms. The Labute approximate surface area is 126 Å². The lowest BCUT2D eigenvalue weighted by atomic mass is 10.1. The molecule has 2 N–H and O–H groups in total. The lowest BCUT2D eigenvalue weighted by molar-refractivity contribution is 0.408. The number of nitrogens with zero attached hydrogens (tertiary/aromatic N) is 2. The molecule has 0 fully saturated rings. The summed E-state index contributed by atoms with van der Waals surface area (Å²) >= 11 is 0. The third kappa shape index (κ3) is 3.73. The Bertz CT molecular complexity index is 586. The Morgan fingerprint density at radius 1 is 1.19 bits per heavy atom. The third-order valence-corrected chi connectivity index (χ3v) is 3.73. The number of methoxy groups -OCH3 is 1. The van der Waals surface area contributed by atoms with Gasteiger partial charge in [-0.15, -0.1) is 0 Å². The van der Waals surface area contributed by atoms with Crippen molar-refractivity contribution in [2.75, 3.05) is 19.1 Å². The molecule has 1 heterocycles. The van der Waals surface area contributed by atoms with Gasteiger partial charge in [0.25, 0.3) is 0 Å². The van der Waals surface area contributed by atoms with Crippen molar-refractivity contribution >= 4 is 5.82 Å². The van der Waals surface area contributed by atoms with Gasteiger partial charge >= 0.3 is 0 Å². The first-order valence-electron chi connectivity index (χ1n) is 7.16. The van der Waals surface area contributed by atoms with Crippen molar-refractivity contribution in [3.05, 3.63) is 53.7 Å². The van der Waals surface area contributed by atoms with E-state index < -0.39 is 0 Å². The molecular formula is C17H23N3O. The second-order valence-electron chi connectivity index (χ2n) is 5.17. The Morgan fingerprint density at radius 2 is 1.95 bits per heavy atom. The van der Waals surface area contributed by atoms with Gasteiger partial charge in [-0.2, -0.15) is 0 Å². The van der Waals surface area contributed by atoms with E-state index in [2.05, 4.69) is 29.9 Å². The standard InChI is InChI=1S/C17H23N3O/c1-13(11-14-7-4-5-9-16(14)21-3)20(2)17-10-6-8-15(12-18)19-17/h4-10,13H,11-12,18H2,1-3H3. The van der Waals surface area contributed by atoms with Gasteiger partial charge < -0.3 is 15.4 Å². The zero-order valence-electron chi connectivity index (χ0n) is 12.9. The molecule has 0 aliphatic carbocycles. The summed E-state index contributed by atoms with van der Waals surface area (Å²) in [6.07, 6.45) is 0.898. The highest BCUT2D eigenvalue weighted by Crippen LogP contribution is 2.22. The van der Waals surface area contributed by atoms with E-state index in [0.29, 0.717) is 12.6 Å². The minimum absolute atomic E-state index is 0.307. The van der Waals surface area contributed by atoms with E-state index in [1.807, 2.05) is 36.4 Å². The van der Waals surface area contributed by atoms with Crippen molar-refractivity contribution in [1.82, 2.24) is 4.98 Å². The molecule has 21 heavy (non-hydrogen) atoms. The fraction of sp³-hybridized carbons (Fsp3) is 0.353. The molecular weight excluding hydrogens is 262 g/mol. The largest absolute Gasteiger partial charge is 0.496 e. The first-order valence-corrected chi connectivity index (χ1v) is 7.16. The summed E-state index contributed by atoms with van der Waals surface area (Å²) < 4.78 is 5.42. The van der Waals surface area contributed by atoms with Crippen molar-refractivity contribution in [2.24, 2.45) is 5.73 Å². The number of hydrogen-bond acceptors (Lipinski definition) is 4. The monoisotopic (exact) mass is 285 g/mol. The highest BCUT2D eigenvalue weighted by atomic mass is 16.5. The van der Waals surface area contributed by atoms with Crippen molar-refractivity contribution in [3.63, 3.8) is 0 Å². The van der Waals surface area contributed by atoms with Crippen LogP contribution in [0.3, 0.4) is 0 Å². The summed E-state index contributed by atoms with van der Waals surface area (Å²) in [6.45, 7) is 2.64. The van der Waals surface area contributed by atoms with E-state index in [-0.39, 0.29) is 0 Å². The van der Waals surface area contributed by atoms with Crippen LogP contribution >= 0.6 is 0 Å². The SMILES string of the molecule is COc1ccccc1CC(C)N(C)c1cccc(CN)n1. The van der Waals surface area contributed by atoms with E-state index in [9.17, 15) is 0 Å². The molecule has 0 amide bonds. The summed E-state index contributed by atoms with van der Waals surface area (Å²) in [4.78, 5) is 6.74. The van der Waals surface area contributed by atoms with E-state index in [4.69, 9.17) is 10.5 Å². The molecule has 4 nitrogen and oxygen atoms in total. The number of pyridine rings is 1. The van der Waals surface area contributed by atoms with E-state index in [1.165, 1.54) is 5.56 Å².